The molecule has 1 aliphatic rings. The molecule has 0 bridgehead atoms. The van der Waals surface area contributed by atoms with Gasteiger partial charge in [0.1, 0.15) is 0 Å². The first kappa shape index (κ1) is 14.1. The normalized spacial score (nSPS) is 22.7. The molecule has 1 saturated carbocycles. The van der Waals surface area contributed by atoms with Crippen LogP contribution in [0.4, 0.5) is 5.69 Å². The fourth-order valence-electron chi connectivity index (χ4n) is 3.22. The topological polar surface area (TPSA) is 55.1 Å². The molecule has 3 heteroatoms. The highest BCUT2D eigenvalue weighted by Gasteiger charge is 2.27. The van der Waals surface area contributed by atoms with Gasteiger partial charge >= 0.3 is 0 Å². The van der Waals surface area contributed by atoms with Crippen LogP contribution in [0.5, 0.6) is 0 Å². The average Bonchev–Trinajstić information content (AvgIpc) is 2.72. The molecule has 0 heterocycles. The fourth-order valence-corrected chi connectivity index (χ4v) is 3.22. The first-order chi connectivity index (χ1) is 10.3. The standard InChI is InChI=1S/C18H22N2O/c19-16-11-3-1-2-10-15(16)18(21)20-17-12-6-8-13-7-4-5-9-14(13)17/h4-9,12,15-16H,1-3,10-11,19H2,(H,20,21). The maximum absolute atomic E-state index is 12.6. The summed E-state index contributed by atoms with van der Waals surface area (Å²) >= 11 is 0. The molecule has 0 aromatic heterocycles. The van der Waals surface area contributed by atoms with Gasteiger partial charge < -0.3 is 11.1 Å². The SMILES string of the molecule is NC1CCCCCC1C(=O)Nc1cccc2ccccc12. The van der Waals surface area contributed by atoms with Crippen LogP contribution >= 0.6 is 0 Å². The summed E-state index contributed by atoms with van der Waals surface area (Å²) in [4.78, 5) is 12.6. The minimum Gasteiger partial charge on any atom is -0.327 e. The Morgan fingerprint density at radius 2 is 1.76 bits per heavy atom. The van der Waals surface area contributed by atoms with Crippen molar-refractivity contribution >= 4 is 22.4 Å². The Morgan fingerprint density at radius 3 is 2.67 bits per heavy atom. The van der Waals surface area contributed by atoms with E-state index in [1.54, 1.807) is 0 Å². The van der Waals surface area contributed by atoms with Gasteiger partial charge in [-0.05, 0) is 24.3 Å². The molecule has 110 valence electrons. The van der Waals surface area contributed by atoms with Gasteiger partial charge in [-0.2, -0.15) is 0 Å². The molecule has 3 N–H and O–H groups in total. The van der Waals surface area contributed by atoms with E-state index in [-0.39, 0.29) is 17.9 Å². The molecular weight excluding hydrogens is 260 g/mol. The molecule has 2 aromatic carbocycles. The van der Waals surface area contributed by atoms with Crippen LogP contribution < -0.4 is 11.1 Å². The van der Waals surface area contributed by atoms with Crippen LogP contribution in [0.15, 0.2) is 42.5 Å². The molecular formula is C18H22N2O. The molecule has 1 fully saturated rings. The van der Waals surface area contributed by atoms with Crippen molar-refractivity contribution in [3.05, 3.63) is 42.5 Å². The van der Waals surface area contributed by atoms with Gasteiger partial charge in [0.05, 0.1) is 5.92 Å². The Morgan fingerprint density at radius 1 is 1.00 bits per heavy atom. The largest absolute Gasteiger partial charge is 0.327 e. The molecule has 21 heavy (non-hydrogen) atoms. The number of nitrogens with one attached hydrogen (secondary N) is 1. The van der Waals surface area contributed by atoms with Gasteiger partial charge in [0.15, 0.2) is 0 Å². The van der Waals surface area contributed by atoms with Crippen molar-refractivity contribution in [2.24, 2.45) is 11.7 Å². The second kappa shape index (κ2) is 6.27. The molecule has 2 aromatic rings. The molecule has 3 nitrogen and oxygen atoms in total. The van der Waals surface area contributed by atoms with Crippen molar-refractivity contribution in [2.45, 2.75) is 38.1 Å². The molecule has 3 rings (SSSR count). The van der Waals surface area contributed by atoms with Crippen molar-refractivity contribution in [3.8, 4) is 0 Å². The van der Waals surface area contributed by atoms with Crippen LogP contribution in [0.25, 0.3) is 10.8 Å². The fraction of sp³-hybridized carbons (Fsp3) is 0.389. The van der Waals surface area contributed by atoms with Gasteiger partial charge in [-0.25, -0.2) is 0 Å². The third kappa shape index (κ3) is 3.08. The van der Waals surface area contributed by atoms with Crippen molar-refractivity contribution < 1.29 is 4.79 Å². The van der Waals surface area contributed by atoms with Crippen molar-refractivity contribution in [1.82, 2.24) is 0 Å². The summed E-state index contributed by atoms with van der Waals surface area (Å²) in [5.41, 5.74) is 7.07. The van der Waals surface area contributed by atoms with E-state index in [0.29, 0.717) is 0 Å². The predicted molar refractivity (Wildman–Crippen MR) is 87.1 cm³/mol. The molecule has 0 saturated heterocycles. The highest BCUT2D eigenvalue weighted by Crippen LogP contribution is 2.26. The molecule has 1 aliphatic carbocycles. The number of rotatable bonds is 2. The highest BCUT2D eigenvalue weighted by molar-refractivity contribution is 6.02. The van der Waals surface area contributed by atoms with Crippen molar-refractivity contribution in [1.29, 1.82) is 0 Å². The molecule has 0 radical (unpaired) electrons. The maximum Gasteiger partial charge on any atom is 0.229 e. The molecule has 2 atom stereocenters. The molecule has 0 spiro atoms. The van der Waals surface area contributed by atoms with Gasteiger partial charge in [0, 0.05) is 17.1 Å². The van der Waals surface area contributed by atoms with E-state index in [1.165, 1.54) is 6.42 Å². The zero-order chi connectivity index (χ0) is 14.7. The summed E-state index contributed by atoms with van der Waals surface area (Å²) in [6.07, 6.45) is 5.28. The first-order valence-corrected chi connectivity index (χ1v) is 7.80. The number of hydrogen-bond donors (Lipinski definition) is 2. The third-order valence-electron chi connectivity index (χ3n) is 4.45. The Kier molecular flexibility index (Phi) is 4.20. The van der Waals surface area contributed by atoms with E-state index in [2.05, 4.69) is 17.4 Å². The van der Waals surface area contributed by atoms with E-state index in [4.69, 9.17) is 5.73 Å². The minimum absolute atomic E-state index is 0.0116. The average molecular weight is 282 g/mol. The lowest BCUT2D eigenvalue weighted by atomic mass is 9.94. The lowest BCUT2D eigenvalue weighted by Crippen LogP contribution is -2.37. The summed E-state index contributed by atoms with van der Waals surface area (Å²) in [6.45, 7) is 0. The van der Waals surface area contributed by atoms with Crippen molar-refractivity contribution in [3.63, 3.8) is 0 Å². The highest BCUT2D eigenvalue weighted by atomic mass is 16.1. The summed E-state index contributed by atoms with van der Waals surface area (Å²) in [6, 6.07) is 14.1. The molecule has 1 amide bonds. The van der Waals surface area contributed by atoms with Crippen LogP contribution in [-0.2, 0) is 4.79 Å². The van der Waals surface area contributed by atoms with Gasteiger partial charge in [-0.1, -0.05) is 55.7 Å². The van der Waals surface area contributed by atoms with E-state index in [1.807, 2.05) is 30.3 Å². The van der Waals surface area contributed by atoms with Gasteiger partial charge in [-0.3, -0.25) is 4.79 Å². The lowest BCUT2D eigenvalue weighted by Gasteiger charge is -2.21. The van der Waals surface area contributed by atoms with Gasteiger partial charge in [0.2, 0.25) is 5.91 Å². The number of anilines is 1. The van der Waals surface area contributed by atoms with E-state index >= 15 is 0 Å². The second-order valence-corrected chi connectivity index (χ2v) is 5.92. The second-order valence-electron chi connectivity index (χ2n) is 5.92. The number of nitrogens with two attached hydrogens (primary N) is 1. The zero-order valence-electron chi connectivity index (χ0n) is 12.2. The third-order valence-corrected chi connectivity index (χ3v) is 4.45. The predicted octanol–water partition coefficient (Wildman–Crippen LogP) is 3.69. The molecule has 2 unspecified atom stereocenters. The minimum atomic E-state index is -0.0635. The number of benzene rings is 2. The Balaban J connectivity index is 1.82. The van der Waals surface area contributed by atoms with Crippen LogP contribution in [-0.4, -0.2) is 11.9 Å². The monoisotopic (exact) mass is 282 g/mol. The Labute approximate surface area is 125 Å². The van der Waals surface area contributed by atoms with E-state index < -0.39 is 0 Å². The number of amides is 1. The van der Waals surface area contributed by atoms with Crippen LogP contribution in [0.1, 0.15) is 32.1 Å². The number of hydrogen-bond acceptors (Lipinski definition) is 2. The van der Waals surface area contributed by atoms with Crippen LogP contribution in [0.2, 0.25) is 0 Å². The number of carbonyl (C=O) groups excluding carboxylic acids is 1. The van der Waals surface area contributed by atoms with Gasteiger partial charge in [0.25, 0.3) is 0 Å². The summed E-state index contributed by atoms with van der Waals surface area (Å²) in [7, 11) is 0. The van der Waals surface area contributed by atoms with Crippen molar-refractivity contribution in [2.75, 3.05) is 5.32 Å². The quantitative estimate of drug-likeness (QED) is 0.825. The number of carbonyl (C=O) groups is 1. The lowest BCUT2D eigenvalue weighted by molar-refractivity contribution is -0.120. The zero-order valence-corrected chi connectivity index (χ0v) is 12.2. The molecule has 0 aliphatic heterocycles. The van der Waals surface area contributed by atoms with E-state index in [0.717, 1.165) is 42.1 Å². The van der Waals surface area contributed by atoms with E-state index in [9.17, 15) is 4.79 Å². The Bertz CT molecular complexity index is 633. The summed E-state index contributed by atoms with van der Waals surface area (Å²) in [5, 5.41) is 5.31. The van der Waals surface area contributed by atoms with Crippen LogP contribution in [0, 0.1) is 5.92 Å². The number of fused-ring (bicyclic) bond motifs is 1. The first-order valence-electron chi connectivity index (χ1n) is 7.80. The Hall–Kier alpha value is -1.87. The van der Waals surface area contributed by atoms with Gasteiger partial charge in [-0.15, -0.1) is 0 Å². The summed E-state index contributed by atoms with van der Waals surface area (Å²) < 4.78 is 0. The maximum atomic E-state index is 12.6. The summed E-state index contributed by atoms with van der Waals surface area (Å²) in [5.74, 6) is 0.00669. The smallest absolute Gasteiger partial charge is 0.229 e. The van der Waals surface area contributed by atoms with Crippen LogP contribution in [0.3, 0.4) is 0 Å².